The molecular formula is C17H16N2O2S. The van der Waals surface area contributed by atoms with E-state index in [0.717, 1.165) is 5.56 Å². The van der Waals surface area contributed by atoms with E-state index in [1.165, 1.54) is 18.7 Å². The lowest BCUT2D eigenvalue weighted by Crippen LogP contribution is -2.44. The van der Waals surface area contributed by atoms with E-state index in [2.05, 4.69) is 10.3 Å². The summed E-state index contributed by atoms with van der Waals surface area (Å²) in [6, 6.07) is 18.8. The SMILES string of the molecule is CC(=O)N[C@@H]1SC(c2ccccc2)=N[C@]1(O)c1ccccc1. The van der Waals surface area contributed by atoms with E-state index in [4.69, 9.17) is 0 Å². The van der Waals surface area contributed by atoms with Gasteiger partial charge in [0.2, 0.25) is 11.6 Å². The molecule has 3 rings (SSSR count). The molecule has 0 radical (unpaired) electrons. The van der Waals surface area contributed by atoms with Crippen molar-refractivity contribution in [2.75, 3.05) is 0 Å². The monoisotopic (exact) mass is 312 g/mol. The number of nitrogens with zero attached hydrogens (tertiary/aromatic N) is 1. The molecule has 0 fully saturated rings. The minimum Gasteiger partial charge on any atom is -0.363 e. The average Bonchev–Trinajstić information content (AvgIpc) is 2.87. The minimum atomic E-state index is -1.47. The Hall–Kier alpha value is -2.11. The van der Waals surface area contributed by atoms with Gasteiger partial charge in [-0.3, -0.25) is 4.79 Å². The first kappa shape index (κ1) is 14.8. The third-order valence-corrected chi connectivity index (χ3v) is 4.65. The molecule has 2 N–H and O–H groups in total. The lowest BCUT2D eigenvalue weighted by atomic mass is 10.0. The molecule has 4 nitrogen and oxygen atoms in total. The maximum atomic E-state index is 11.5. The summed E-state index contributed by atoms with van der Waals surface area (Å²) in [5.74, 6) is -0.198. The number of nitrogens with one attached hydrogen (secondary N) is 1. The van der Waals surface area contributed by atoms with Gasteiger partial charge in [0.05, 0.1) is 0 Å². The van der Waals surface area contributed by atoms with Crippen molar-refractivity contribution in [3.63, 3.8) is 0 Å². The summed E-state index contributed by atoms with van der Waals surface area (Å²) in [7, 11) is 0. The number of carbonyl (C=O) groups excluding carboxylic acids is 1. The van der Waals surface area contributed by atoms with E-state index in [1.807, 2.05) is 60.7 Å². The largest absolute Gasteiger partial charge is 0.363 e. The quantitative estimate of drug-likeness (QED) is 0.915. The Morgan fingerprint density at radius 3 is 2.32 bits per heavy atom. The fourth-order valence-corrected chi connectivity index (χ4v) is 3.63. The van der Waals surface area contributed by atoms with Crippen molar-refractivity contribution in [2.24, 2.45) is 4.99 Å². The summed E-state index contributed by atoms with van der Waals surface area (Å²) >= 11 is 1.36. The van der Waals surface area contributed by atoms with Crippen LogP contribution in [0.25, 0.3) is 0 Å². The Morgan fingerprint density at radius 1 is 1.14 bits per heavy atom. The Balaban J connectivity index is 2.03. The Labute approximate surface area is 133 Å². The molecule has 1 heterocycles. The molecule has 0 spiro atoms. The maximum Gasteiger partial charge on any atom is 0.217 e. The Kier molecular flexibility index (Phi) is 4.00. The molecular weight excluding hydrogens is 296 g/mol. The number of amides is 1. The second kappa shape index (κ2) is 5.94. The van der Waals surface area contributed by atoms with Gasteiger partial charge in [-0.1, -0.05) is 72.4 Å². The molecule has 0 saturated heterocycles. The summed E-state index contributed by atoms with van der Waals surface area (Å²) in [4.78, 5) is 16.0. The zero-order chi connectivity index (χ0) is 15.6. The van der Waals surface area contributed by atoms with Gasteiger partial charge >= 0.3 is 0 Å². The van der Waals surface area contributed by atoms with E-state index < -0.39 is 11.1 Å². The van der Waals surface area contributed by atoms with Crippen molar-refractivity contribution in [3.05, 3.63) is 71.8 Å². The van der Waals surface area contributed by atoms with Gasteiger partial charge in [-0.2, -0.15) is 0 Å². The first-order valence-corrected chi connectivity index (χ1v) is 7.84. The fraction of sp³-hybridized carbons (Fsp3) is 0.176. The summed E-state index contributed by atoms with van der Waals surface area (Å²) in [5, 5.41) is 14.0. The van der Waals surface area contributed by atoms with Gasteiger partial charge in [-0.05, 0) is 0 Å². The normalized spacial score (nSPS) is 23.9. The molecule has 0 aliphatic carbocycles. The van der Waals surface area contributed by atoms with Crippen LogP contribution in [0, 0.1) is 0 Å². The van der Waals surface area contributed by atoms with E-state index >= 15 is 0 Å². The third kappa shape index (κ3) is 2.77. The van der Waals surface area contributed by atoms with E-state index in [0.29, 0.717) is 10.6 Å². The first-order chi connectivity index (χ1) is 10.6. The number of carbonyl (C=O) groups is 1. The number of aliphatic hydroxyl groups is 1. The van der Waals surface area contributed by atoms with Crippen molar-refractivity contribution >= 4 is 22.7 Å². The van der Waals surface area contributed by atoms with Gasteiger partial charge in [-0.15, -0.1) is 0 Å². The number of aliphatic imine (C=N–C) groups is 1. The number of thioether (sulfide) groups is 1. The van der Waals surface area contributed by atoms with Crippen LogP contribution in [0.4, 0.5) is 0 Å². The zero-order valence-electron chi connectivity index (χ0n) is 12.1. The van der Waals surface area contributed by atoms with E-state index in [-0.39, 0.29) is 5.91 Å². The first-order valence-electron chi connectivity index (χ1n) is 6.96. The molecule has 0 unspecified atom stereocenters. The molecule has 2 aromatic rings. The van der Waals surface area contributed by atoms with Gasteiger partial charge in [0.25, 0.3) is 0 Å². The lowest BCUT2D eigenvalue weighted by molar-refractivity contribution is -0.120. The second-order valence-corrected chi connectivity index (χ2v) is 6.17. The van der Waals surface area contributed by atoms with Crippen LogP contribution in [-0.4, -0.2) is 21.4 Å². The van der Waals surface area contributed by atoms with Crippen molar-refractivity contribution in [3.8, 4) is 0 Å². The van der Waals surface area contributed by atoms with Gasteiger partial charge in [0.15, 0.2) is 0 Å². The molecule has 22 heavy (non-hydrogen) atoms. The van der Waals surface area contributed by atoms with Gasteiger partial charge in [-0.25, -0.2) is 4.99 Å². The molecule has 0 bridgehead atoms. The predicted octanol–water partition coefficient (Wildman–Crippen LogP) is 2.49. The number of hydrogen-bond acceptors (Lipinski definition) is 4. The Morgan fingerprint density at radius 2 is 1.73 bits per heavy atom. The van der Waals surface area contributed by atoms with Crippen LogP contribution in [-0.2, 0) is 10.5 Å². The highest BCUT2D eigenvalue weighted by molar-refractivity contribution is 8.15. The average molecular weight is 312 g/mol. The van der Waals surface area contributed by atoms with Gasteiger partial charge < -0.3 is 10.4 Å². The van der Waals surface area contributed by atoms with Crippen molar-refractivity contribution < 1.29 is 9.90 Å². The number of rotatable bonds is 3. The predicted molar refractivity (Wildman–Crippen MR) is 88.5 cm³/mol. The van der Waals surface area contributed by atoms with Crippen LogP contribution in [0.5, 0.6) is 0 Å². The van der Waals surface area contributed by atoms with Gasteiger partial charge in [0, 0.05) is 18.1 Å². The highest BCUT2D eigenvalue weighted by atomic mass is 32.2. The number of benzene rings is 2. The van der Waals surface area contributed by atoms with Crippen LogP contribution in [0.2, 0.25) is 0 Å². The molecule has 1 aliphatic rings. The van der Waals surface area contributed by atoms with Crippen LogP contribution >= 0.6 is 11.8 Å². The molecule has 2 aromatic carbocycles. The standard InChI is InChI=1S/C17H16N2O2S/c1-12(20)18-16-17(21,14-10-6-3-7-11-14)19-15(22-16)13-8-4-2-5-9-13/h2-11,16,21H,1H3,(H,18,20)/t16-,17+/m1/s1. The summed E-state index contributed by atoms with van der Waals surface area (Å²) < 4.78 is 0. The van der Waals surface area contributed by atoms with E-state index in [1.54, 1.807) is 0 Å². The summed E-state index contributed by atoms with van der Waals surface area (Å²) in [5.41, 5.74) is 0.116. The summed E-state index contributed by atoms with van der Waals surface area (Å²) in [6.07, 6.45) is 0. The fourth-order valence-electron chi connectivity index (χ4n) is 2.36. The van der Waals surface area contributed by atoms with Crippen LogP contribution in [0.1, 0.15) is 18.1 Å². The molecule has 5 heteroatoms. The molecule has 2 atom stereocenters. The zero-order valence-corrected chi connectivity index (χ0v) is 12.9. The smallest absolute Gasteiger partial charge is 0.217 e. The highest BCUT2D eigenvalue weighted by Crippen LogP contribution is 2.41. The Bertz CT molecular complexity index is 703. The highest BCUT2D eigenvalue weighted by Gasteiger charge is 2.45. The lowest BCUT2D eigenvalue weighted by Gasteiger charge is -2.27. The van der Waals surface area contributed by atoms with Crippen molar-refractivity contribution in [1.82, 2.24) is 5.32 Å². The van der Waals surface area contributed by atoms with Gasteiger partial charge in [0.1, 0.15) is 10.4 Å². The minimum absolute atomic E-state index is 0.198. The molecule has 1 aliphatic heterocycles. The maximum absolute atomic E-state index is 11.5. The van der Waals surface area contributed by atoms with Crippen molar-refractivity contribution in [1.29, 1.82) is 0 Å². The summed E-state index contributed by atoms with van der Waals surface area (Å²) in [6.45, 7) is 1.44. The van der Waals surface area contributed by atoms with Crippen LogP contribution < -0.4 is 5.32 Å². The van der Waals surface area contributed by atoms with Crippen LogP contribution in [0.15, 0.2) is 65.7 Å². The molecule has 1 amide bonds. The molecule has 112 valence electrons. The van der Waals surface area contributed by atoms with Crippen molar-refractivity contribution in [2.45, 2.75) is 18.0 Å². The third-order valence-electron chi connectivity index (χ3n) is 3.42. The second-order valence-electron chi connectivity index (χ2n) is 5.07. The van der Waals surface area contributed by atoms with Crippen LogP contribution in [0.3, 0.4) is 0 Å². The topological polar surface area (TPSA) is 61.7 Å². The number of hydrogen-bond donors (Lipinski definition) is 2. The molecule has 0 aromatic heterocycles. The molecule has 0 saturated carbocycles. The van der Waals surface area contributed by atoms with E-state index in [9.17, 15) is 9.90 Å².